The Morgan fingerprint density at radius 2 is 1.27 bits per heavy atom. The van der Waals surface area contributed by atoms with Crippen molar-refractivity contribution in [3.63, 3.8) is 0 Å². The Hall–Kier alpha value is -7.90. The highest BCUT2D eigenvalue weighted by atomic mass is 28.3. The van der Waals surface area contributed by atoms with Crippen LogP contribution in [0, 0.1) is 5.92 Å². The van der Waals surface area contributed by atoms with Crippen LogP contribution in [-0.2, 0) is 33.0 Å². The largest absolute Gasteiger partial charge is 0.497 e. The van der Waals surface area contributed by atoms with Crippen molar-refractivity contribution in [2.75, 3.05) is 35.0 Å². The number of amides is 4. The lowest BCUT2D eigenvalue weighted by Crippen LogP contribution is -2.52. The minimum Gasteiger partial charge on any atom is -0.497 e. The van der Waals surface area contributed by atoms with Crippen LogP contribution in [0.3, 0.4) is 0 Å². The molecule has 0 bridgehead atoms. The highest BCUT2D eigenvalue weighted by Gasteiger charge is 2.66. The summed E-state index contributed by atoms with van der Waals surface area (Å²) in [7, 11) is -1.08. The fourth-order valence-electron chi connectivity index (χ4n) is 12.6. The Labute approximate surface area is 424 Å². The smallest absolute Gasteiger partial charge is 0.264 e. The normalized spacial score (nSPS) is 19.8. The van der Waals surface area contributed by atoms with Gasteiger partial charge in [-0.25, -0.2) is 0 Å². The summed E-state index contributed by atoms with van der Waals surface area (Å²) in [6, 6.07) is 54.8. The van der Waals surface area contributed by atoms with Gasteiger partial charge in [0.15, 0.2) is 5.60 Å². The van der Waals surface area contributed by atoms with Crippen LogP contribution in [0.25, 0.3) is 21.5 Å². The van der Waals surface area contributed by atoms with Gasteiger partial charge in [-0.3, -0.25) is 29.0 Å². The van der Waals surface area contributed by atoms with Crippen molar-refractivity contribution in [2.24, 2.45) is 5.92 Å². The predicted molar refractivity (Wildman–Crippen MR) is 288 cm³/mol. The van der Waals surface area contributed by atoms with Gasteiger partial charge in [0, 0.05) is 46.7 Å². The molecule has 1 N–H and O–H groups in total. The average molecular weight is 983 g/mol. The van der Waals surface area contributed by atoms with E-state index in [-0.39, 0.29) is 55.3 Å². The lowest BCUT2D eigenvalue weighted by Gasteiger charge is -2.37. The third-order valence-electron chi connectivity index (χ3n) is 16.0. The van der Waals surface area contributed by atoms with Gasteiger partial charge in [0.2, 0.25) is 5.91 Å². The van der Waals surface area contributed by atoms with Gasteiger partial charge >= 0.3 is 0 Å². The number of rotatable bonds is 13. The molecule has 0 aliphatic carbocycles. The first kappa shape index (κ1) is 46.2. The van der Waals surface area contributed by atoms with Crippen molar-refractivity contribution in [2.45, 2.75) is 56.8 Å². The van der Waals surface area contributed by atoms with Gasteiger partial charge in [0.05, 0.1) is 69.0 Å². The fourth-order valence-corrected chi connectivity index (χ4v) is 16.6. The zero-order valence-corrected chi connectivity index (χ0v) is 42.1. The number of carbonyl (C=O) groups is 4. The van der Waals surface area contributed by atoms with E-state index in [4.69, 9.17) is 9.47 Å². The Bertz CT molecular complexity index is 3550. The highest BCUT2D eigenvalue weighted by molar-refractivity contribution is 6.91. The number of benzene rings is 8. The van der Waals surface area contributed by atoms with Crippen LogP contribution in [0.5, 0.6) is 5.75 Å². The first-order chi connectivity index (χ1) is 35.4. The first-order valence-electron chi connectivity index (χ1n) is 25.0. The lowest BCUT2D eigenvalue weighted by atomic mass is 9.82. The van der Waals surface area contributed by atoms with Crippen molar-refractivity contribution >= 4 is 86.9 Å². The van der Waals surface area contributed by atoms with Gasteiger partial charge in [-0.05, 0) is 94.2 Å². The Balaban J connectivity index is 0.983. The number of aliphatic hydroxyl groups is 1. The molecule has 364 valence electrons. The second kappa shape index (κ2) is 17.7. The minimum atomic E-state index is -2.72. The number of fused-ring (bicyclic) bond motifs is 2. The maximum Gasteiger partial charge on any atom is 0.264 e. The molecular formula is C61H54N4O7Si. The summed E-state index contributed by atoms with van der Waals surface area (Å²) >= 11 is 0. The number of ether oxygens (including phenoxy) is 2. The Kier molecular flexibility index (Phi) is 11.2. The molecule has 4 aliphatic rings. The predicted octanol–water partition coefficient (Wildman–Crippen LogP) is 10.8. The molecule has 4 heterocycles. The topological polar surface area (TPSA) is 120 Å². The summed E-state index contributed by atoms with van der Waals surface area (Å²) in [5, 5.41) is 15.1. The molecule has 1 saturated heterocycles. The summed E-state index contributed by atoms with van der Waals surface area (Å²) < 4.78 is 13.1. The zero-order valence-electron chi connectivity index (χ0n) is 41.1. The number of aliphatic hydroxyl groups excluding tert-OH is 1. The molecular weight excluding hydrogens is 929 g/mol. The second-order valence-corrected chi connectivity index (χ2v) is 25.0. The number of nitrogens with zero attached hydrogens (tertiary/aromatic N) is 4. The van der Waals surface area contributed by atoms with Crippen molar-refractivity contribution in [1.29, 1.82) is 0 Å². The standard InChI is InChI=1S/C61H54N4O7Si/c1-38-57(73(3,4)46-28-26-45(71-2)27-29-46)53(35-54(67)62(31-32-66)36-39-13-6-5-7-14-39)72-61(38)49-34-44(65-52-24-12-19-42-17-10-22-48(56(42)52)59(65)69)25-30-50(49)63(60(61)70)37-40-15-8-20-43(33-40)64-51-23-11-18-41-16-9-21-47(55(41)51)58(64)68/h5-30,33-34,38,53,57,66H,31-32,35-37H2,1-4H3/t38-,53+,57-,61+/m0/s1. The molecule has 1 fully saturated rings. The molecule has 8 aromatic rings. The third kappa shape index (κ3) is 7.21. The number of carbonyl (C=O) groups excluding carboxylic acids is 4. The van der Waals surface area contributed by atoms with Crippen molar-refractivity contribution < 1.29 is 33.8 Å². The molecule has 12 rings (SSSR count). The summed E-state index contributed by atoms with van der Waals surface area (Å²) in [4.78, 5) is 66.7. The van der Waals surface area contributed by atoms with Crippen LogP contribution in [0.4, 0.5) is 28.4 Å². The van der Waals surface area contributed by atoms with E-state index in [0.29, 0.717) is 40.3 Å². The van der Waals surface area contributed by atoms with E-state index in [1.807, 2.05) is 158 Å². The van der Waals surface area contributed by atoms with E-state index >= 15 is 4.79 Å². The van der Waals surface area contributed by atoms with Crippen LogP contribution in [0.15, 0.2) is 170 Å². The van der Waals surface area contributed by atoms with E-state index in [0.717, 1.165) is 55.0 Å². The van der Waals surface area contributed by atoms with E-state index in [2.05, 4.69) is 32.2 Å². The maximum absolute atomic E-state index is 16.2. The van der Waals surface area contributed by atoms with Gasteiger partial charge in [0.1, 0.15) is 5.75 Å². The quantitative estimate of drug-likeness (QED) is 0.114. The summed E-state index contributed by atoms with van der Waals surface area (Å²) in [6.45, 7) is 7.03. The van der Waals surface area contributed by atoms with Crippen LogP contribution in [0.2, 0.25) is 18.6 Å². The van der Waals surface area contributed by atoms with Crippen molar-refractivity contribution in [3.8, 4) is 5.75 Å². The summed E-state index contributed by atoms with van der Waals surface area (Å²) in [5.41, 5.74) is 5.24. The molecule has 8 aromatic carbocycles. The number of hydrogen-bond acceptors (Lipinski definition) is 7. The average Bonchev–Trinajstić information content (AvgIpc) is 4.06. The molecule has 4 amide bonds. The first-order valence-corrected chi connectivity index (χ1v) is 28.0. The molecule has 4 atom stereocenters. The monoisotopic (exact) mass is 982 g/mol. The van der Waals surface area contributed by atoms with Crippen LogP contribution < -0.4 is 24.6 Å². The summed E-state index contributed by atoms with van der Waals surface area (Å²) in [6.07, 6.45) is -0.745. The number of hydrogen-bond donors (Lipinski definition) is 1. The van der Waals surface area contributed by atoms with E-state index < -0.39 is 25.7 Å². The SMILES string of the molecule is COc1ccc([Si](C)(C)[C@@H]2[C@@H](CC(=O)N(CCO)Cc3ccccc3)O[C@]3(C(=O)N(Cc4cccc(N5C(=O)c6cccc7cccc5c67)c4)c4ccc(N5C(=O)c6cccc7cccc5c67)cc43)[C@H]2C)cc1. The third-order valence-corrected chi connectivity index (χ3v) is 20.4. The second-order valence-electron chi connectivity index (χ2n) is 20.3. The Morgan fingerprint density at radius 1 is 0.685 bits per heavy atom. The number of methoxy groups -OCH3 is 1. The summed E-state index contributed by atoms with van der Waals surface area (Å²) in [5.74, 6) is -0.468. The van der Waals surface area contributed by atoms with Gasteiger partial charge in [-0.1, -0.05) is 128 Å². The van der Waals surface area contributed by atoms with E-state index in [9.17, 15) is 19.5 Å². The minimum absolute atomic E-state index is 0.0263. The van der Waals surface area contributed by atoms with Gasteiger partial charge in [-0.2, -0.15) is 0 Å². The molecule has 0 radical (unpaired) electrons. The zero-order chi connectivity index (χ0) is 50.3. The van der Waals surface area contributed by atoms with Gasteiger partial charge in [0.25, 0.3) is 17.7 Å². The molecule has 0 saturated carbocycles. The molecule has 0 aromatic heterocycles. The highest BCUT2D eigenvalue weighted by Crippen LogP contribution is 2.61. The fraction of sp³-hybridized carbons (Fsp3) is 0.213. The Morgan fingerprint density at radius 3 is 1.89 bits per heavy atom. The van der Waals surface area contributed by atoms with Crippen LogP contribution >= 0.6 is 0 Å². The molecule has 1 spiro atoms. The molecule has 11 nitrogen and oxygen atoms in total. The molecule has 73 heavy (non-hydrogen) atoms. The molecule has 4 aliphatic heterocycles. The van der Waals surface area contributed by atoms with E-state index in [1.165, 1.54) is 0 Å². The van der Waals surface area contributed by atoms with Crippen molar-refractivity contribution in [3.05, 3.63) is 198 Å². The lowest BCUT2D eigenvalue weighted by molar-refractivity contribution is -0.150. The van der Waals surface area contributed by atoms with Crippen LogP contribution in [0.1, 0.15) is 50.8 Å². The van der Waals surface area contributed by atoms with Crippen LogP contribution in [-0.4, -0.2) is 68.1 Å². The van der Waals surface area contributed by atoms with Crippen molar-refractivity contribution in [1.82, 2.24) is 4.90 Å². The van der Waals surface area contributed by atoms with Gasteiger partial charge in [-0.15, -0.1) is 0 Å². The number of anilines is 5. The van der Waals surface area contributed by atoms with Gasteiger partial charge < -0.3 is 24.4 Å². The van der Waals surface area contributed by atoms with E-state index in [1.54, 1.807) is 26.7 Å². The molecule has 12 heteroatoms. The maximum atomic E-state index is 16.2. The molecule has 0 unspecified atom stereocenters.